The molecule has 0 bridgehead atoms. The van der Waals surface area contributed by atoms with E-state index in [2.05, 4.69) is 29.7 Å². The molecule has 24 heavy (non-hydrogen) atoms. The van der Waals surface area contributed by atoms with Crippen LogP contribution in [0.25, 0.3) is 0 Å². The maximum atomic E-state index is 12.0. The molecule has 128 valence electrons. The molecule has 0 aliphatic rings. The fourth-order valence-corrected chi connectivity index (χ4v) is 2.29. The minimum absolute atomic E-state index is 0.00907. The number of carbonyl (C=O) groups excluding carboxylic acids is 1. The molecule has 0 unspecified atom stereocenters. The van der Waals surface area contributed by atoms with Crippen molar-refractivity contribution in [3.05, 3.63) is 54.1 Å². The fraction of sp³-hybridized carbons (Fsp3) is 0.350. The van der Waals surface area contributed by atoms with Gasteiger partial charge in [0.25, 0.3) is 0 Å². The van der Waals surface area contributed by atoms with Crippen LogP contribution in [-0.4, -0.2) is 18.6 Å². The molecular weight excluding hydrogens is 300 g/mol. The summed E-state index contributed by atoms with van der Waals surface area (Å²) < 4.78 is 5.58. The van der Waals surface area contributed by atoms with Crippen molar-refractivity contribution in [2.75, 3.05) is 17.2 Å². The van der Waals surface area contributed by atoms with Crippen LogP contribution in [0.3, 0.4) is 0 Å². The maximum absolute atomic E-state index is 12.0. The lowest BCUT2D eigenvalue weighted by Crippen LogP contribution is -2.16. The first kappa shape index (κ1) is 17.9. The first-order valence-corrected chi connectivity index (χ1v) is 8.46. The van der Waals surface area contributed by atoms with Gasteiger partial charge in [0, 0.05) is 24.3 Å². The zero-order chi connectivity index (χ0) is 17.4. The smallest absolute Gasteiger partial charge is 0.226 e. The average molecular weight is 326 g/mol. The van der Waals surface area contributed by atoms with Crippen LogP contribution in [0.4, 0.5) is 11.4 Å². The van der Waals surface area contributed by atoms with Crippen LogP contribution in [-0.2, 0) is 11.2 Å². The molecular formula is C20H26N2O2. The van der Waals surface area contributed by atoms with Crippen molar-refractivity contribution < 1.29 is 9.53 Å². The average Bonchev–Trinajstić information content (AvgIpc) is 2.57. The van der Waals surface area contributed by atoms with Gasteiger partial charge in [-0.15, -0.1) is 0 Å². The van der Waals surface area contributed by atoms with Crippen LogP contribution < -0.4 is 15.4 Å². The standard InChI is InChI=1S/C20H26N2O2/c1-4-16-5-7-17(8-6-16)21-14-13-20(23)22-18-9-11-19(12-10-18)24-15(2)3/h5-12,15,21H,4,13-14H2,1-3H3,(H,22,23). The number of hydrogen-bond donors (Lipinski definition) is 2. The highest BCUT2D eigenvalue weighted by Crippen LogP contribution is 2.17. The van der Waals surface area contributed by atoms with E-state index in [4.69, 9.17) is 4.74 Å². The summed E-state index contributed by atoms with van der Waals surface area (Å²) in [6.45, 7) is 6.71. The van der Waals surface area contributed by atoms with Crippen molar-refractivity contribution in [2.45, 2.75) is 39.7 Å². The van der Waals surface area contributed by atoms with Crippen LogP contribution in [0, 0.1) is 0 Å². The number of amides is 1. The van der Waals surface area contributed by atoms with Gasteiger partial charge in [0.05, 0.1) is 6.10 Å². The molecule has 4 heteroatoms. The van der Waals surface area contributed by atoms with Gasteiger partial charge in [-0.25, -0.2) is 0 Å². The van der Waals surface area contributed by atoms with Crippen molar-refractivity contribution >= 4 is 17.3 Å². The van der Waals surface area contributed by atoms with E-state index in [1.54, 1.807) is 0 Å². The number of aryl methyl sites for hydroxylation is 1. The Kier molecular flexibility index (Phi) is 6.67. The van der Waals surface area contributed by atoms with Gasteiger partial charge < -0.3 is 15.4 Å². The van der Waals surface area contributed by atoms with Gasteiger partial charge in [-0.3, -0.25) is 4.79 Å². The number of carbonyl (C=O) groups is 1. The van der Waals surface area contributed by atoms with Gasteiger partial charge in [0.1, 0.15) is 5.75 Å². The minimum atomic E-state index is -0.00907. The predicted molar refractivity (Wildman–Crippen MR) is 99.8 cm³/mol. The molecule has 0 aliphatic heterocycles. The first-order valence-electron chi connectivity index (χ1n) is 8.46. The summed E-state index contributed by atoms with van der Waals surface area (Å²) in [6, 6.07) is 15.7. The van der Waals surface area contributed by atoms with Gasteiger partial charge in [-0.1, -0.05) is 19.1 Å². The normalized spacial score (nSPS) is 10.5. The van der Waals surface area contributed by atoms with E-state index in [-0.39, 0.29) is 12.0 Å². The Labute approximate surface area is 144 Å². The van der Waals surface area contributed by atoms with Crippen LogP contribution >= 0.6 is 0 Å². The SMILES string of the molecule is CCc1ccc(NCCC(=O)Nc2ccc(OC(C)C)cc2)cc1. The molecule has 0 radical (unpaired) electrons. The number of rotatable bonds is 8. The van der Waals surface area contributed by atoms with E-state index < -0.39 is 0 Å². The molecule has 0 heterocycles. The fourth-order valence-electron chi connectivity index (χ4n) is 2.29. The minimum Gasteiger partial charge on any atom is -0.491 e. The molecule has 0 atom stereocenters. The number of benzene rings is 2. The van der Waals surface area contributed by atoms with Crippen molar-refractivity contribution in [1.29, 1.82) is 0 Å². The molecule has 2 N–H and O–H groups in total. The lowest BCUT2D eigenvalue weighted by Gasteiger charge is -2.11. The van der Waals surface area contributed by atoms with Crippen LogP contribution in [0.1, 0.15) is 32.8 Å². The van der Waals surface area contributed by atoms with E-state index in [1.165, 1.54) is 5.56 Å². The van der Waals surface area contributed by atoms with Crippen molar-refractivity contribution in [3.8, 4) is 5.75 Å². The zero-order valence-corrected chi connectivity index (χ0v) is 14.6. The first-order chi connectivity index (χ1) is 11.6. The monoisotopic (exact) mass is 326 g/mol. The Morgan fingerprint density at radius 3 is 2.21 bits per heavy atom. The largest absolute Gasteiger partial charge is 0.491 e. The lowest BCUT2D eigenvalue weighted by molar-refractivity contribution is -0.115. The van der Waals surface area contributed by atoms with Crippen LogP contribution in [0.5, 0.6) is 5.75 Å². The Bertz CT molecular complexity index is 634. The lowest BCUT2D eigenvalue weighted by atomic mass is 10.1. The number of ether oxygens (including phenoxy) is 1. The summed E-state index contributed by atoms with van der Waals surface area (Å²) in [5.74, 6) is 0.797. The van der Waals surface area contributed by atoms with Gasteiger partial charge >= 0.3 is 0 Å². The predicted octanol–water partition coefficient (Wildman–Crippen LogP) is 4.48. The third-order valence-electron chi connectivity index (χ3n) is 3.55. The molecule has 0 aromatic heterocycles. The highest BCUT2D eigenvalue weighted by Gasteiger charge is 2.03. The highest BCUT2D eigenvalue weighted by atomic mass is 16.5. The quantitative estimate of drug-likeness (QED) is 0.752. The second-order valence-corrected chi connectivity index (χ2v) is 5.97. The van der Waals surface area contributed by atoms with Crippen LogP contribution in [0.2, 0.25) is 0 Å². The topological polar surface area (TPSA) is 50.4 Å². The Morgan fingerprint density at radius 2 is 1.62 bits per heavy atom. The van der Waals surface area contributed by atoms with Crippen LogP contribution in [0.15, 0.2) is 48.5 Å². The summed E-state index contributed by atoms with van der Waals surface area (Å²) in [7, 11) is 0. The van der Waals surface area contributed by atoms with E-state index in [9.17, 15) is 4.79 Å². The third kappa shape index (κ3) is 5.95. The van der Waals surface area contributed by atoms with E-state index in [1.807, 2.05) is 50.2 Å². The molecule has 2 rings (SSSR count). The number of nitrogens with one attached hydrogen (secondary N) is 2. The Hall–Kier alpha value is -2.49. The van der Waals surface area contributed by atoms with Gasteiger partial charge in [-0.05, 0) is 62.2 Å². The summed E-state index contributed by atoms with van der Waals surface area (Å²) in [5.41, 5.74) is 3.13. The third-order valence-corrected chi connectivity index (χ3v) is 3.55. The maximum Gasteiger partial charge on any atom is 0.226 e. The number of anilines is 2. The Morgan fingerprint density at radius 1 is 1.00 bits per heavy atom. The Balaban J connectivity index is 1.74. The zero-order valence-electron chi connectivity index (χ0n) is 14.6. The molecule has 1 amide bonds. The molecule has 0 aliphatic carbocycles. The molecule has 0 fully saturated rings. The highest BCUT2D eigenvalue weighted by molar-refractivity contribution is 5.91. The van der Waals surface area contributed by atoms with Crippen molar-refractivity contribution in [3.63, 3.8) is 0 Å². The van der Waals surface area contributed by atoms with E-state index in [0.29, 0.717) is 13.0 Å². The molecule has 0 saturated heterocycles. The van der Waals surface area contributed by atoms with Crippen molar-refractivity contribution in [1.82, 2.24) is 0 Å². The molecule has 4 nitrogen and oxygen atoms in total. The molecule has 0 saturated carbocycles. The van der Waals surface area contributed by atoms with Gasteiger partial charge in [0.2, 0.25) is 5.91 Å². The molecule has 2 aromatic rings. The summed E-state index contributed by atoms with van der Waals surface area (Å²) in [6.07, 6.45) is 1.59. The number of hydrogen-bond acceptors (Lipinski definition) is 3. The summed E-state index contributed by atoms with van der Waals surface area (Å²) in [5, 5.41) is 6.15. The molecule has 0 spiro atoms. The van der Waals surface area contributed by atoms with E-state index in [0.717, 1.165) is 23.5 Å². The summed E-state index contributed by atoms with van der Waals surface area (Å²) >= 11 is 0. The molecule has 2 aromatic carbocycles. The second kappa shape index (κ2) is 8.96. The van der Waals surface area contributed by atoms with Crippen molar-refractivity contribution in [2.24, 2.45) is 0 Å². The van der Waals surface area contributed by atoms with Gasteiger partial charge in [0.15, 0.2) is 0 Å². The summed E-state index contributed by atoms with van der Waals surface area (Å²) in [4.78, 5) is 12.0. The van der Waals surface area contributed by atoms with E-state index >= 15 is 0 Å². The second-order valence-electron chi connectivity index (χ2n) is 5.97. The van der Waals surface area contributed by atoms with Gasteiger partial charge in [-0.2, -0.15) is 0 Å².